The summed E-state index contributed by atoms with van der Waals surface area (Å²) in [5.41, 5.74) is 1.02. The van der Waals surface area contributed by atoms with Gasteiger partial charge in [-0.25, -0.2) is 4.98 Å². The van der Waals surface area contributed by atoms with E-state index in [1.54, 1.807) is 6.20 Å². The van der Waals surface area contributed by atoms with Crippen molar-refractivity contribution < 1.29 is 9.26 Å². The molecule has 1 spiro atoms. The molecule has 116 valence electrons. The molecule has 6 heteroatoms. The molecule has 2 saturated heterocycles. The summed E-state index contributed by atoms with van der Waals surface area (Å²) in [6, 6.07) is 7.81. The summed E-state index contributed by atoms with van der Waals surface area (Å²) in [5, 5.41) is 4.07. The van der Waals surface area contributed by atoms with Gasteiger partial charge in [-0.1, -0.05) is 11.2 Å². The van der Waals surface area contributed by atoms with E-state index in [1.807, 2.05) is 43.0 Å². The van der Waals surface area contributed by atoms with Gasteiger partial charge >= 0.3 is 0 Å². The van der Waals surface area contributed by atoms with Crippen LogP contribution in [0.15, 0.2) is 35.0 Å². The van der Waals surface area contributed by atoms with Crippen LogP contribution in [0.2, 0.25) is 0 Å². The Hall–Kier alpha value is -1.53. The maximum absolute atomic E-state index is 5.99. The number of likely N-dealkylation sites (tertiary alicyclic amines) is 1. The monoisotopic (exact) mass is 317 g/mol. The maximum atomic E-state index is 5.99. The average Bonchev–Trinajstić information content (AvgIpc) is 3.07. The van der Waals surface area contributed by atoms with Crippen molar-refractivity contribution in [2.75, 3.05) is 18.8 Å². The van der Waals surface area contributed by atoms with Gasteiger partial charge in [0.2, 0.25) is 5.88 Å². The number of pyridine rings is 1. The second-order valence-electron chi connectivity index (χ2n) is 6.18. The third-order valence-electron chi connectivity index (χ3n) is 4.19. The summed E-state index contributed by atoms with van der Waals surface area (Å²) in [6.45, 7) is 5.02. The van der Waals surface area contributed by atoms with Crippen molar-refractivity contribution in [1.82, 2.24) is 15.0 Å². The van der Waals surface area contributed by atoms with Gasteiger partial charge in [0.15, 0.2) is 0 Å². The van der Waals surface area contributed by atoms with E-state index in [0.717, 1.165) is 49.1 Å². The molecule has 2 aliphatic rings. The molecular formula is C16H19N3O2S. The summed E-state index contributed by atoms with van der Waals surface area (Å²) < 4.78 is 11.5. The van der Waals surface area contributed by atoms with Crippen molar-refractivity contribution in [3.05, 3.63) is 41.9 Å². The molecule has 0 amide bonds. The minimum atomic E-state index is 0.274. The van der Waals surface area contributed by atoms with Crippen LogP contribution < -0.4 is 4.74 Å². The van der Waals surface area contributed by atoms with Crippen molar-refractivity contribution >= 4 is 11.8 Å². The van der Waals surface area contributed by atoms with Crippen molar-refractivity contribution in [3.63, 3.8) is 0 Å². The Morgan fingerprint density at radius 1 is 1.45 bits per heavy atom. The molecule has 0 radical (unpaired) electrons. The maximum Gasteiger partial charge on any atom is 0.213 e. The van der Waals surface area contributed by atoms with Crippen molar-refractivity contribution in [1.29, 1.82) is 0 Å². The number of hydrogen-bond acceptors (Lipinski definition) is 6. The molecule has 0 bridgehead atoms. The Labute approximate surface area is 134 Å². The lowest BCUT2D eigenvalue weighted by atomic mass is 9.93. The highest BCUT2D eigenvalue weighted by Crippen LogP contribution is 2.46. The molecule has 0 aliphatic carbocycles. The molecule has 4 rings (SSSR count). The number of aromatic nitrogens is 2. The zero-order valence-corrected chi connectivity index (χ0v) is 13.4. The second-order valence-corrected chi connectivity index (χ2v) is 7.67. The summed E-state index contributed by atoms with van der Waals surface area (Å²) in [6.07, 6.45) is 3.15. The molecule has 5 nitrogen and oxygen atoms in total. The summed E-state index contributed by atoms with van der Waals surface area (Å²) >= 11 is 2.04. The van der Waals surface area contributed by atoms with Crippen LogP contribution in [0.4, 0.5) is 0 Å². The number of thioether (sulfide) groups is 1. The zero-order valence-electron chi connectivity index (χ0n) is 12.6. The van der Waals surface area contributed by atoms with Crippen LogP contribution in [0.25, 0.3) is 0 Å². The molecule has 1 atom stereocenters. The van der Waals surface area contributed by atoms with E-state index in [2.05, 4.69) is 15.0 Å². The summed E-state index contributed by atoms with van der Waals surface area (Å²) in [4.78, 5) is 6.67. The Morgan fingerprint density at radius 2 is 2.36 bits per heavy atom. The normalized spacial score (nSPS) is 23.6. The summed E-state index contributed by atoms with van der Waals surface area (Å²) in [7, 11) is 0. The van der Waals surface area contributed by atoms with Crippen LogP contribution in [0, 0.1) is 6.92 Å². The molecule has 0 saturated carbocycles. The molecule has 22 heavy (non-hydrogen) atoms. The van der Waals surface area contributed by atoms with Crippen LogP contribution >= 0.6 is 11.8 Å². The van der Waals surface area contributed by atoms with Gasteiger partial charge in [-0.3, -0.25) is 4.90 Å². The van der Waals surface area contributed by atoms with Crippen molar-refractivity contribution in [2.45, 2.75) is 30.7 Å². The van der Waals surface area contributed by atoms with Gasteiger partial charge in [0, 0.05) is 54.9 Å². The molecular weight excluding hydrogens is 298 g/mol. The Morgan fingerprint density at radius 3 is 3.09 bits per heavy atom. The lowest BCUT2D eigenvalue weighted by molar-refractivity contribution is 0.0887. The van der Waals surface area contributed by atoms with Gasteiger partial charge < -0.3 is 9.26 Å². The number of rotatable bonds is 4. The smallest absolute Gasteiger partial charge is 0.213 e. The predicted octanol–water partition coefficient (Wildman–Crippen LogP) is 2.52. The molecule has 0 aromatic carbocycles. The highest BCUT2D eigenvalue weighted by molar-refractivity contribution is 8.01. The highest BCUT2D eigenvalue weighted by atomic mass is 32.2. The van der Waals surface area contributed by atoms with Gasteiger partial charge in [-0.2, -0.15) is 0 Å². The fourth-order valence-corrected chi connectivity index (χ4v) is 4.87. The van der Waals surface area contributed by atoms with Gasteiger partial charge in [0.05, 0.1) is 5.69 Å². The topological polar surface area (TPSA) is 51.4 Å². The van der Waals surface area contributed by atoms with E-state index in [1.165, 1.54) is 0 Å². The Bertz CT molecular complexity index is 640. The van der Waals surface area contributed by atoms with E-state index in [9.17, 15) is 0 Å². The highest BCUT2D eigenvalue weighted by Gasteiger charge is 2.49. The van der Waals surface area contributed by atoms with Crippen LogP contribution in [0.1, 0.15) is 17.9 Å². The Balaban J connectivity index is 1.29. The van der Waals surface area contributed by atoms with Crippen LogP contribution in [0.5, 0.6) is 5.88 Å². The predicted molar refractivity (Wildman–Crippen MR) is 85.0 cm³/mol. The Kier molecular flexibility index (Phi) is 3.58. The van der Waals surface area contributed by atoms with E-state index in [0.29, 0.717) is 4.75 Å². The second kappa shape index (κ2) is 5.59. The third kappa shape index (κ3) is 2.85. The lowest BCUT2D eigenvalue weighted by Gasteiger charge is -2.47. The first-order chi connectivity index (χ1) is 10.7. The fourth-order valence-electron chi connectivity index (χ4n) is 3.29. The average molecular weight is 317 g/mol. The number of aryl methyl sites for hydroxylation is 1. The molecule has 2 fully saturated rings. The first kappa shape index (κ1) is 14.1. The van der Waals surface area contributed by atoms with Gasteiger partial charge in [-0.15, -0.1) is 11.8 Å². The standard InChI is InChI=1S/C16H19N3O2S/c1-12-6-13(18-21-12)8-19-10-16(11-19)7-14(9-22-16)20-15-4-2-3-5-17-15/h2-6,14H,7-11H2,1H3. The molecule has 2 aromatic rings. The van der Waals surface area contributed by atoms with E-state index in [4.69, 9.17) is 9.26 Å². The molecule has 2 aliphatic heterocycles. The number of hydrogen-bond donors (Lipinski definition) is 0. The van der Waals surface area contributed by atoms with Gasteiger partial charge in [0.25, 0.3) is 0 Å². The van der Waals surface area contributed by atoms with Gasteiger partial charge in [-0.05, 0) is 13.0 Å². The number of nitrogens with zero attached hydrogens (tertiary/aromatic N) is 3. The largest absolute Gasteiger partial charge is 0.473 e. The summed E-state index contributed by atoms with van der Waals surface area (Å²) in [5.74, 6) is 2.66. The molecule has 2 aromatic heterocycles. The first-order valence-corrected chi connectivity index (χ1v) is 8.56. The lowest BCUT2D eigenvalue weighted by Crippen LogP contribution is -2.58. The minimum Gasteiger partial charge on any atom is -0.473 e. The quantitative estimate of drug-likeness (QED) is 0.864. The molecule has 0 N–H and O–H groups in total. The fraction of sp³-hybridized carbons (Fsp3) is 0.500. The SMILES string of the molecule is Cc1cc(CN2CC3(CC(Oc4ccccn4)CS3)C2)no1. The van der Waals surface area contributed by atoms with Crippen LogP contribution in [0.3, 0.4) is 0 Å². The van der Waals surface area contributed by atoms with E-state index < -0.39 is 0 Å². The minimum absolute atomic E-state index is 0.274. The van der Waals surface area contributed by atoms with E-state index in [-0.39, 0.29) is 6.10 Å². The van der Waals surface area contributed by atoms with Crippen LogP contribution in [-0.4, -0.2) is 44.7 Å². The van der Waals surface area contributed by atoms with Gasteiger partial charge in [0.1, 0.15) is 11.9 Å². The molecule has 4 heterocycles. The third-order valence-corrected chi connectivity index (χ3v) is 5.76. The van der Waals surface area contributed by atoms with E-state index >= 15 is 0 Å². The van der Waals surface area contributed by atoms with Crippen molar-refractivity contribution in [3.8, 4) is 5.88 Å². The number of ether oxygens (including phenoxy) is 1. The zero-order chi connectivity index (χ0) is 15.0. The van der Waals surface area contributed by atoms with Crippen LogP contribution in [-0.2, 0) is 6.54 Å². The molecule has 1 unspecified atom stereocenters. The first-order valence-electron chi connectivity index (χ1n) is 7.57. The van der Waals surface area contributed by atoms with Crippen molar-refractivity contribution in [2.24, 2.45) is 0 Å².